The number of carbonyl (C=O) groups excluding carboxylic acids is 2. The van der Waals surface area contributed by atoms with Crippen molar-refractivity contribution < 1.29 is 18.7 Å². The van der Waals surface area contributed by atoms with Crippen LogP contribution in [0.2, 0.25) is 0 Å². The van der Waals surface area contributed by atoms with Gasteiger partial charge in [-0.2, -0.15) is 0 Å². The van der Waals surface area contributed by atoms with Crippen molar-refractivity contribution in [1.82, 2.24) is 5.32 Å². The Hall–Kier alpha value is -1.56. The van der Waals surface area contributed by atoms with Gasteiger partial charge in [-0.3, -0.25) is 4.79 Å². The first-order chi connectivity index (χ1) is 9.01. The number of halogens is 1. The topological polar surface area (TPSA) is 68.5 Å². The summed E-state index contributed by atoms with van der Waals surface area (Å²) in [5.74, 6) is -0.378. The molecule has 1 heterocycles. The van der Waals surface area contributed by atoms with E-state index in [9.17, 15) is 9.59 Å². The van der Waals surface area contributed by atoms with Crippen LogP contribution in [0.4, 0.5) is 0 Å². The summed E-state index contributed by atoms with van der Waals surface area (Å²) < 4.78 is 10.5. The van der Waals surface area contributed by atoms with Crippen LogP contribution in [0.3, 0.4) is 0 Å². The summed E-state index contributed by atoms with van der Waals surface area (Å²) in [5, 5.41) is 2.70. The molecule has 0 aromatic carbocycles. The summed E-state index contributed by atoms with van der Waals surface area (Å²) in [4.78, 5) is 22.7. The molecule has 1 rings (SSSR count). The fourth-order valence-electron chi connectivity index (χ4n) is 1.17. The molecule has 0 aliphatic carbocycles. The molecule has 0 radical (unpaired) electrons. The maximum atomic E-state index is 11.4. The molecule has 0 aliphatic heterocycles. The molecule has 1 unspecified atom stereocenters. The zero-order valence-corrected chi connectivity index (χ0v) is 12.4. The van der Waals surface area contributed by atoms with Gasteiger partial charge < -0.3 is 14.5 Å². The van der Waals surface area contributed by atoms with Gasteiger partial charge in [-0.25, -0.2) is 4.79 Å². The number of rotatable bonds is 6. The molecular formula is C13H16BrNO4. The van der Waals surface area contributed by atoms with Crippen LogP contribution in [0.5, 0.6) is 0 Å². The van der Waals surface area contributed by atoms with Gasteiger partial charge in [0, 0.05) is 12.1 Å². The van der Waals surface area contributed by atoms with Gasteiger partial charge in [0.25, 0.3) is 5.91 Å². The summed E-state index contributed by atoms with van der Waals surface area (Å²) in [6.07, 6.45) is 3.51. The Morgan fingerprint density at radius 2 is 2.26 bits per heavy atom. The van der Waals surface area contributed by atoms with Crippen LogP contribution in [-0.2, 0) is 14.3 Å². The Morgan fingerprint density at radius 3 is 2.84 bits per heavy atom. The summed E-state index contributed by atoms with van der Waals surface area (Å²) in [5.41, 5.74) is 0. The average molecular weight is 330 g/mol. The van der Waals surface area contributed by atoms with Crippen LogP contribution in [0, 0.1) is 0 Å². The average Bonchev–Trinajstić information content (AvgIpc) is 2.79. The first-order valence-electron chi connectivity index (χ1n) is 5.90. The van der Waals surface area contributed by atoms with E-state index in [0.717, 1.165) is 6.42 Å². The van der Waals surface area contributed by atoms with Gasteiger partial charge in [0.15, 0.2) is 11.3 Å². The minimum absolute atomic E-state index is 0.0715. The van der Waals surface area contributed by atoms with E-state index in [1.165, 1.54) is 12.2 Å². The molecule has 0 aliphatic rings. The van der Waals surface area contributed by atoms with Crippen molar-refractivity contribution >= 4 is 33.9 Å². The highest BCUT2D eigenvalue weighted by molar-refractivity contribution is 9.10. The number of ether oxygens (including phenoxy) is 1. The van der Waals surface area contributed by atoms with Crippen molar-refractivity contribution in [1.29, 1.82) is 0 Å². The van der Waals surface area contributed by atoms with Crippen molar-refractivity contribution in [3.8, 4) is 0 Å². The molecule has 0 saturated heterocycles. The Balaban J connectivity index is 2.32. The van der Waals surface area contributed by atoms with Gasteiger partial charge >= 0.3 is 5.97 Å². The number of amides is 1. The van der Waals surface area contributed by atoms with Crippen molar-refractivity contribution in [2.45, 2.75) is 26.3 Å². The van der Waals surface area contributed by atoms with Crippen LogP contribution in [0.1, 0.15) is 26.0 Å². The fourth-order valence-corrected chi connectivity index (χ4v) is 1.49. The van der Waals surface area contributed by atoms with Gasteiger partial charge in [-0.1, -0.05) is 6.92 Å². The molecule has 104 valence electrons. The van der Waals surface area contributed by atoms with E-state index in [1.807, 2.05) is 13.8 Å². The molecule has 1 N–H and O–H groups in total. The van der Waals surface area contributed by atoms with Crippen LogP contribution < -0.4 is 5.32 Å². The van der Waals surface area contributed by atoms with Crippen molar-refractivity contribution in [3.63, 3.8) is 0 Å². The largest absolute Gasteiger partial charge is 0.452 e. The van der Waals surface area contributed by atoms with Gasteiger partial charge in [0.2, 0.25) is 0 Å². The van der Waals surface area contributed by atoms with Crippen LogP contribution >= 0.6 is 15.9 Å². The van der Waals surface area contributed by atoms with Crippen LogP contribution in [0.15, 0.2) is 27.3 Å². The van der Waals surface area contributed by atoms with E-state index < -0.39 is 5.97 Å². The van der Waals surface area contributed by atoms with E-state index in [0.29, 0.717) is 10.4 Å². The summed E-state index contributed by atoms with van der Waals surface area (Å²) in [6, 6.07) is 3.48. The van der Waals surface area contributed by atoms with Gasteiger partial charge in [-0.05, 0) is 47.5 Å². The zero-order valence-electron chi connectivity index (χ0n) is 10.8. The highest BCUT2D eigenvalue weighted by atomic mass is 79.9. The highest BCUT2D eigenvalue weighted by Crippen LogP contribution is 2.14. The molecule has 0 spiro atoms. The number of esters is 1. The lowest BCUT2D eigenvalue weighted by Crippen LogP contribution is -2.35. The smallest absolute Gasteiger partial charge is 0.331 e. The van der Waals surface area contributed by atoms with E-state index in [1.54, 1.807) is 12.1 Å². The lowest BCUT2D eigenvalue weighted by Gasteiger charge is -2.10. The number of furan rings is 1. The third-order valence-corrected chi connectivity index (χ3v) is 2.77. The number of carbonyl (C=O) groups is 2. The maximum absolute atomic E-state index is 11.4. The predicted molar refractivity (Wildman–Crippen MR) is 74.3 cm³/mol. The highest BCUT2D eigenvalue weighted by Gasteiger charge is 2.07. The molecule has 19 heavy (non-hydrogen) atoms. The second-order valence-corrected chi connectivity index (χ2v) is 4.74. The second kappa shape index (κ2) is 7.78. The molecule has 1 aromatic heterocycles. The van der Waals surface area contributed by atoms with Gasteiger partial charge in [0.1, 0.15) is 5.76 Å². The zero-order chi connectivity index (χ0) is 14.3. The van der Waals surface area contributed by atoms with Gasteiger partial charge in [0.05, 0.1) is 0 Å². The first kappa shape index (κ1) is 15.5. The van der Waals surface area contributed by atoms with Crippen molar-refractivity contribution in [2.75, 3.05) is 6.61 Å². The Labute approximate surface area is 120 Å². The fraction of sp³-hybridized carbons (Fsp3) is 0.385. The lowest BCUT2D eigenvalue weighted by atomic mass is 10.2. The minimum Gasteiger partial charge on any atom is -0.452 e. The molecule has 0 saturated carbocycles. The first-order valence-corrected chi connectivity index (χ1v) is 6.70. The van der Waals surface area contributed by atoms with Crippen molar-refractivity contribution in [3.05, 3.63) is 28.6 Å². The molecule has 1 atom stereocenters. The number of nitrogens with one attached hydrogen (secondary N) is 1. The third kappa shape index (κ3) is 6.24. The van der Waals surface area contributed by atoms with Crippen LogP contribution in [-0.4, -0.2) is 24.5 Å². The Kier molecular flexibility index (Phi) is 6.35. The molecule has 1 aromatic rings. The maximum Gasteiger partial charge on any atom is 0.331 e. The lowest BCUT2D eigenvalue weighted by molar-refractivity contribution is -0.144. The predicted octanol–water partition coefficient (Wildman–Crippen LogP) is 2.51. The minimum atomic E-state index is -0.591. The SMILES string of the molecule is CCC(C)NC(=O)COC(=O)C=Cc1ccc(Br)o1. The summed E-state index contributed by atoms with van der Waals surface area (Å²) in [7, 11) is 0. The van der Waals surface area contributed by atoms with Gasteiger partial charge in [-0.15, -0.1) is 0 Å². The van der Waals surface area contributed by atoms with E-state index in [2.05, 4.69) is 21.2 Å². The Morgan fingerprint density at radius 1 is 1.53 bits per heavy atom. The van der Waals surface area contributed by atoms with E-state index in [-0.39, 0.29) is 18.6 Å². The molecule has 6 heteroatoms. The summed E-state index contributed by atoms with van der Waals surface area (Å²) >= 11 is 3.15. The molecule has 0 bridgehead atoms. The summed E-state index contributed by atoms with van der Waals surface area (Å²) in [6.45, 7) is 3.56. The molecule has 5 nitrogen and oxygen atoms in total. The van der Waals surface area contributed by atoms with E-state index in [4.69, 9.17) is 9.15 Å². The monoisotopic (exact) mass is 329 g/mol. The quantitative estimate of drug-likeness (QED) is 0.643. The van der Waals surface area contributed by atoms with Crippen LogP contribution in [0.25, 0.3) is 6.08 Å². The van der Waals surface area contributed by atoms with E-state index >= 15 is 0 Å². The normalized spacial score (nSPS) is 12.4. The molecule has 1 amide bonds. The third-order valence-electron chi connectivity index (χ3n) is 2.34. The van der Waals surface area contributed by atoms with Crippen molar-refractivity contribution in [2.24, 2.45) is 0 Å². The number of hydrogen-bond donors (Lipinski definition) is 1. The standard InChI is InChI=1S/C13H16BrNO4/c1-3-9(2)15-12(16)8-18-13(17)7-5-10-4-6-11(14)19-10/h4-7,9H,3,8H2,1-2H3,(H,15,16). The molecule has 0 fully saturated rings. The molecular weight excluding hydrogens is 314 g/mol. The Bertz CT molecular complexity index is 467. The second-order valence-electron chi connectivity index (χ2n) is 3.96. The number of hydrogen-bond acceptors (Lipinski definition) is 4.